The van der Waals surface area contributed by atoms with E-state index in [1.807, 2.05) is 0 Å². The van der Waals surface area contributed by atoms with E-state index in [1.54, 1.807) is 0 Å². The van der Waals surface area contributed by atoms with E-state index < -0.39 is 100.0 Å². The summed E-state index contributed by atoms with van der Waals surface area (Å²) in [5, 5.41) is 0. The molecular formula is C28H34F14O6. The van der Waals surface area contributed by atoms with Crippen LogP contribution in [-0.4, -0.2) is 88.8 Å². The summed E-state index contributed by atoms with van der Waals surface area (Å²) in [7, 11) is 1.10. The van der Waals surface area contributed by atoms with Crippen molar-refractivity contribution < 1.29 is 89.9 Å². The molecule has 6 nitrogen and oxygen atoms in total. The molecule has 0 atom stereocenters. The average molecular weight is 733 g/mol. The minimum Gasteiger partial charge on any atom is -0.487 e. The van der Waals surface area contributed by atoms with E-state index in [4.69, 9.17) is 18.9 Å². The van der Waals surface area contributed by atoms with Crippen LogP contribution in [0.5, 0.6) is 11.5 Å². The molecule has 0 spiro atoms. The minimum absolute atomic E-state index is 0.0109. The first-order valence-electron chi connectivity index (χ1n) is 14.2. The number of benzene rings is 1. The monoisotopic (exact) mass is 732 g/mol. The van der Waals surface area contributed by atoms with Crippen molar-refractivity contribution >= 4 is 5.97 Å². The van der Waals surface area contributed by atoms with Crippen molar-refractivity contribution in [3.05, 3.63) is 23.8 Å². The van der Waals surface area contributed by atoms with Crippen molar-refractivity contribution in [1.82, 2.24) is 0 Å². The molecule has 0 N–H and O–H groups in total. The summed E-state index contributed by atoms with van der Waals surface area (Å²) in [6.45, 7) is -2.02. The van der Waals surface area contributed by atoms with Crippen LogP contribution in [0.3, 0.4) is 0 Å². The summed E-state index contributed by atoms with van der Waals surface area (Å²) >= 11 is 0. The van der Waals surface area contributed by atoms with Crippen molar-refractivity contribution in [2.24, 2.45) is 0 Å². The number of rotatable bonds is 23. The lowest BCUT2D eigenvalue weighted by molar-refractivity contribution is -0.285. The molecule has 1 rings (SSSR count). The van der Waals surface area contributed by atoms with E-state index in [0.717, 1.165) is 7.11 Å². The average Bonchev–Trinajstić information content (AvgIpc) is 2.91. The third-order valence-electron chi connectivity index (χ3n) is 6.20. The number of carbonyl (C=O) groups is 1. The summed E-state index contributed by atoms with van der Waals surface area (Å²) < 4.78 is 206. The number of methoxy groups -OCH3 is 1. The fourth-order valence-electron chi connectivity index (χ4n) is 3.92. The van der Waals surface area contributed by atoms with E-state index in [-0.39, 0.29) is 50.1 Å². The van der Waals surface area contributed by atoms with Crippen LogP contribution in [0.15, 0.2) is 18.2 Å². The molecule has 0 unspecified atom stereocenters. The molecule has 20 heteroatoms. The second-order valence-corrected chi connectivity index (χ2v) is 10.5. The predicted octanol–water partition coefficient (Wildman–Crippen LogP) is 9.05. The van der Waals surface area contributed by atoms with E-state index in [2.05, 4.69) is 4.74 Å². The SMILES string of the molecule is COC(=O)c1ccc(OCCOCCC(F)(F)CCCC(F)(F)C(F)(F)F)c(OCCOCCCC(F)(F)CC(F)(F)CC(F)(F)F)c1. The van der Waals surface area contributed by atoms with Crippen molar-refractivity contribution in [3.63, 3.8) is 0 Å². The Morgan fingerprint density at radius 2 is 1.15 bits per heavy atom. The number of hydrogen-bond acceptors (Lipinski definition) is 6. The first kappa shape index (κ1) is 43.3. The highest BCUT2D eigenvalue weighted by atomic mass is 19.4. The van der Waals surface area contributed by atoms with Gasteiger partial charge in [-0.15, -0.1) is 0 Å². The smallest absolute Gasteiger partial charge is 0.453 e. The largest absolute Gasteiger partial charge is 0.487 e. The molecular weight excluding hydrogens is 698 g/mol. The van der Waals surface area contributed by atoms with Gasteiger partial charge in [0.1, 0.15) is 19.6 Å². The van der Waals surface area contributed by atoms with Crippen LogP contribution in [0.25, 0.3) is 0 Å². The van der Waals surface area contributed by atoms with Gasteiger partial charge in [0.25, 0.3) is 11.8 Å². The van der Waals surface area contributed by atoms with Gasteiger partial charge in [0.2, 0.25) is 5.92 Å². The Morgan fingerprint density at radius 3 is 1.71 bits per heavy atom. The van der Waals surface area contributed by atoms with Crippen LogP contribution in [-0.2, 0) is 14.2 Å². The standard InChI is InChI=1S/C28H34F14O6/c1-44-22(43)19-4-5-20(47-14-13-46-11-9-23(29,30)6-2-8-26(35,36)28(40,41)42)21(16-19)48-15-12-45-10-3-7-24(31,32)17-25(33,34)18-27(37,38)39/h4-5,16H,2-3,6-15,17-18H2,1H3. The summed E-state index contributed by atoms with van der Waals surface area (Å²) in [5.41, 5.74) is 0.0109. The maximum absolute atomic E-state index is 13.8. The zero-order valence-corrected chi connectivity index (χ0v) is 25.4. The van der Waals surface area contributed by atoms with Crippen LogP contribution >= 0.6 is 0 Å². The summed E-state index contributed by atoms with van der Waals surface area (Å²) in [4.78, 5) is 11.9. The molecule has 0 saturated carbocycles. The first-order chi connectivity index (χ1) is 21.9. The molecule has 0 bridgehead atoms. The lowest BCUT2D eigenvalue weighted by Crippen LogP contribution is -2.36. The topological polar surface area (TPSA) is 63.2 Å². The van der Waals surface area contributed by atoms with Crippen LogP contribution in [0, 0.1) is 0 Å². The third-order valence-corrected chi connectivity index (χ3v) is 6.20. The van der Waals surface area contributed by atoms with Gasteiger partial charge in [-0.05, 0) is 31.0 Å². The van der Waals surface area contributed by atoms with Gasteiger partial charge in [-0.3, -0.25) is 0 Å². The van der Waals surface area contributed by atoms with Gasteiger partial charge in [-0.2, -0.15) is 35.1 Å². The Labute approximate surface area is 266 Å². The Bertz CT molecular complexity index is 1110. The predicted molar refractivity (Wildman–Crippen MR) is 139 cm³/mol. The second kappa shape index (κ2) is 18.3. The molecule has 1 aromatic carbocycles. The zero-order chi connectivity index (χ0) is 36.9. The van der Waals surface area contributed by atoms with Crippen LogP contribution in [0.4, 0.5) is 61.5 Å². The molecule has 48 heavy (non-hydrogen) atoms. The fraction of sp³-hybridized carbons (Fsp3) is 0.750. The number of alkyl halides is 14. The number of esters is 1. The Balaban J connectivity index is 2.50. The van der Waals surface area contributed by atoms with Gasteiger partial charge in [0, 0.05) is 32.3 Å². The Hall–Kier alpha value is -2.77. The molecule has 0 amide bonds. The Kier molecular flexibility index (Phi) is 16.5. The van der Waals surface area contributed by atoms with Gasteiger partial charge in [-0.25, -0.2) is 31.1 Å². The molecule has 0 fully saturated rings. The molecule has 0 aliphatic rings. The zero-order valence-electron chi connectivity index (χ0n) is 25.4. The van der Waals surface area contributed by atoms with Crippen molar-refractivity contribution in [2.45, 2.75) is 87.4 Å². The molecule has 1 aromatic rings. The maximum Gasteiger partial charge on any atom is 0.453 e. The maximum atomic E-state index is 13.8. The van der Waals surface area contributed by atoms with Crippen molar-refractivity contribution in [3.8, 4) is 11.5 Å². The molecule has 0 aromatic heterocycles. The normalized spacial score (nSPS) is 13.5. The van der Waals surface area contributed by atoms with E-state index in [1.165, 1.54) is 18.2 Å². The molecule has 0 saturated heterocycles. The number of ether oxygens (including phenoxy) is 5. The second-order valence-electron chi connectivity index (χ2n) is 10.5. The molecule has 0 heterocycles. The molecule has 0 radical (unpaired) electrons. The van der Waals surface area contributed by atoms with Gasteiger partial charge in [-0.1, -0.05) is 0 Å². The quantitative estimate of drug-likeness (QED) is 0.0636. The fourth-order valence-corrected chi connectivity index (χ4v) is 3.92. The van der Waals surface area contributed by atoms with Crippen LogP contribution in [0.2, 0.25) is 0 Å². The van der Waals surface area contributed by atoms with E-state index in [0.29, 0.717) is 0 Å². The molecule has 0 aliphatic heterocycles. The number of hydrogen-bond donors (Lipinski definition) is 0. The van der Waals surface area contributed by atoms with Crippen molar-refractivity contribution in [2.75, 3.05) is 46.8 Å². The third kappa shape index (κ3) is 17.6. The van der Waals surface area contributed by atoms with Gasteiger partial charge in [0.05, 0.1) is 38.9 Å². The lowest BCUT2D eigenvalue weighted by Gasteiger charge is -2.24. The highest BCUT2D eigenvalue weighted by Gasteiger charge is 2.56. The lowest BCUT2D eigenvalue weighted by atomic mass is 10.0. The number of halogens is 14. The first-order valence-corrected chi connectivity index (χ1v) is 14.2. The van der Waals surface area contributed by atoms with Crippen LogP contribution in [0.1, 0.15) is 61.7 Å². The van der Waals surface area contributed by atoms with Gasteiger partial charge < -0.3 is 23.7 Å². The van der Waals surface area contributed by atoms with E-state index in [9.17, 15) is 66.3 Å². The summed E-state index contributed by atoms with van der Waals surface area (Å²) in [6, 6.07) is 3.77. The van der Waals surface area contributed by atoms with E-state index >= 15 is 0 Å². The summed E-state index contributed by atoms with van der Waals surface area (Å²) in [5.74, 6) is -18.2. The van der Waals surface area contributed by atoms with Crippen LogP contribution < -0.4 is 9.47 Å². The summed E-state index contributed by atoms with van der Waals surface area (Å²) in [6.07, 6.45) is -22.8. The Morgan fingerprint density at radius 1 is 0.583 bits per heavy atom. The van der Waals surface area contributed by atoms with Crippen molar-refractivity contribution in [1.29, 1.82) is 0 Å². The highest BCUT2D eigenvalue weighted by Crippen LogP contribution is 2.41. The van der Waals surface area contributed by atoms with Gasteiger partial charge in [0.15, 0.2) is 11.5 Å². The van der Waals surface area contributed by atoms with Gasteiger partial charge >= 0.3 is 24.2 Å². The number of carbonyl (C=O) groups excluding carboxylic acids is 1. The molecule has 0 aliphatic carbocycles. The highest BCUT2D eigenvalue weighted by molar-refractivity contribution is 5.90. The molecule has 280 valence electrons. The minimum atomic E-state index is -5.84.